The van der Waals surface area contributed by atoms with Crippen molar-refractivity contribution in [2.45, 2.75) is 46.0 Å². The molecular formula is C15H25N3O2. The van der Waals surface area contributed by atoms with Crippen molar-refractivity contribution in [2.24, 2.45) is 5.92 Å². The lowest BCUT2D eigenvalue weighted by molar-refractivity contribution is -0.139. The van der Waals surface area contributed by atoms with Crippen molar-refractivity contribution in [2.75, 3.05) is 26.2 Å². The van der Waals surface area contributed by atoms with Gasteiger partial charge in [0.05, 0.1) is 12.5 Å². The van der Waals surface area contributed by atoms with Crippen molar-refractivity contribution in [3.8, 4) is 6.07 Å². The van der Waals surface area contributed by atoms with Crippen LogP contribution in [0.5, 0.6) is 0 Å². The van der Waals surface area contributed by atoms with Crippen LogP contribution in [0, 0.1) is 17.2 Å². The molecule has 0 aliphatic carbocycles. The van der Waals surface area contributed by atoms with E-state index in [1.165, 1.54) is 0 Å². The van der Waals surface area contributed by atoms with E-state index in [0.717, 1.165) is 38.8 Å². The first-order valence-corrected chi connectivity index (χ1v) is 7.60. The first-order chi connectivity index (χ1) is 9.63. The fourth-order valence-corrected chi connectivity index (χ4v) is 2.58. The van der Waals surface area contributed by atoms with E-state index in [9.17, 15) is 14.9 Å². The van der Waals surface area contributed by atoms with Gasteiger partial charge in [-0.2, -0.15) is 5.26 Å². The van der Waals surface area contributed by atoms with E-state index in [0.29, 0.717) is 13.1 Å². The molecule has 1 unspecified atom stereocenters. The Morgan fingerprint density at radius 2 is 1.70 bits per heavy atom. The molecule has 0 saturated carbocycles. The number of carbonyl (C=O) groups is 2. The molecule has 1 fully saturated rings. The number of hydrogen-bond acceptors (Lipinski definition) is 3. The molecule has 112 valence electrons. The Labute approximate surface area is 121 Å². The summed E-state index contributed by atoms with van der Waals surface area (Å²) >= 11 is 0. The normalized spacial score (nSPS) is 16.9. The van der Waals surface area contributed by atoms with Gasteiger partial charge in [0, 0.05) is 26.2 Å². The second-order valence-electron chi connectivity index (χ2n) is 5.19. The van der Waals surface area contributed by atoms with Crippen molar-refractivity contribution in [3.63, 3.8) is 0 Å². The molecule has 5 nitrogen and oxygen atoms in total. The van der Waals surface area contributed by atoms with Gasteiger partial charge in [0.2, 0.25) is 11.8 Å². The average molecular weight is 279 g/mol. The van der Waals surface area contributed by atoms with Crippen molar-refractivity contribution in [1.82, 2.24) is 9.80 Å². The fourth-order valence-electron chi connectivity index (χ4n) is 2.58. The predicted molar refractivity (Wildman–Crippen MR) is 76.7 cm³/mol. The molecule has 20 heavy (non-hydrogen) atoms. The second-order valence-corrected chi connectivity index (χ2v) is 5.19. The number of likely N-dealkylation sites (tertiary alicyclic amines) is 1. The number of rotatable bonds is 5. The van der Waals surface area contributed by atoms with Crippen molar-refractivity contribution in [3.05, 3.63) is 0 Å². The highest BCUT2D eigenvalue weighted by Gasteiger charge is 2.28. The summed E-state index contributed by atoms with van der Waals surface area (Å²) in [7, 11) is 0. The van der Waals surface area contributed by atoms with Gasteiger partial charge in [0.25, 0.3) is 0 Å². The minimum absolute atomic E-state index is 0.00745. The first-order valence-electron chi connectivity index (χ1n) is 7.60. The van der Waals surface area contributed by atoms with E-state index in [1.807, 2.05) is 19.9 Å². The fraction of sp³-hybridized carbons (Fsp3) is 0.800. The lowest BCUT2D eigenvalue weighted by Gasteiger charge is -2.24. The van der Waals surface area contributed by atoms with E-state index in [1.54, 1.807) is 9.80 Å². The van der Waals surface area contributed by atoms with Crippen LogP contribution in [-0.2, 0) is 9.59 Å². The first kappa shape index (κ1) is 16.5. The molecule has 1 rings (SSSR count). The summed E-state index contributed by atoms with van der Waals surface area (Å²) in [5.74, 6) is -1.11. The van der Waals surface area contributed by atoms with E-state index in [-0.39, 0.29) is 18.2 Å². The molecule has 0 N–H and O–H groups in total. The second kappa shape index (κ2) is 8.57. The summed E-state index contributed by atoms with van der Waals surface area (Å²) < 4.78 is 0. The number of amides is 2. The van der Waals surface area contributed by atoms with Gasteiger partial charge in [-0.05, 0) is 26.7 Å². The summed E-state index contributed by atoms with van der Waals surface area (Å²) in [6.07, 6.45) is 4.27. The van der Waals surface area contributed by atoms with Crippen molar-refractivity contribution < 1.29 is 9.59 Å². The number of nitrogens with zero attached hydrogens (tertiary/aromatic N) is 3. The van der Waals surface area contributed by atoms with E-state index >= 15 is 0 Å². The van der Waals surface area contributed by atoms with Crippen LogP contribution < -0.4 is 0 Å². The zero-order valence-corrected chi connectivity index (χ0v) is 12.6. The molecule has 0 radical (unpaired) electrons. The Hall–Kier alpha value is -1.57. The number of hydrogen-bond donors (Lipinski definition) is 0. The van der Waals surface area contributed by atoms with Crippen LogP contribution in [0.15, 0.2) is 0 Å². The lowest BCUT2D eigenvalue weighted by Crippen LogP contribution is -2.39. The Kier molecular flexibility index (Phi) is 7.06. The highest BCUT2D eigenvalue weighted by atomic mass is 16.2. The van der Waals surface area contributed by atoms with Crippen molar-refractivity contribution >= 4 is 11.8 Å². The number of nitriles is 1. The van der Waals surface area contributed by atoms with Crippen LogP contribution in [0.2, 0.25) is 0 Å². The van der Waals surface area contributed by atoms with Gasteiger partial charge in [-0.15, -0.1) is 0 Å². The molecular weight excluding hydrogens is 254 g/mol. The minimum atomic E-state index is -0.832. The number of carbonyl (C=O) groups excluding carboxylic acids is 2. The largest absolute Gasteiger partial charge is 0.343 e. The van der Waals surface area contributed by atoms with Gasteiger partial charge < -0.3 is 9.80 Å². The Balaban J connectivity index is 2.63. The Morgan fingerprint density at radius 3 is 2.15 bits per heavy atom. The molecule has 0 aromatic heterocycles. The van der Waals surface area contributed by atoms with E-state index in [4.69, 9.17) is 0 Å². The third-order valence-corrected chi connectivity index (χ3v) is 3.87. The molecule has 0 spiro atoms. The topological polar surface area (TPSA) is 64.4 Å². The average Bonchev–Trinajstić information content (AvgIpc) is 2.74. The van der Waals surface area contributed by atoms with Crippen molar-refractivity contribution in [1.29, 1.82) is 5.26 Å². The molecule has 1 aliphatic rings. The Bertz CT molecular complexity index is 364. The molecule has 0 bridgehead atoms. The van der Waals surface area contributed by atoms with Gasteiger partial charge in [-0.1, -0.05) is 12.8 Å². The monoisotopic (exact) mass is 279 g/mol. The van der Waals surface area contributed by atoms with E-state index in [2.05, 4.69) is 0 Å². The summed E-state index contributed by atoms with van der Waals surface area (Å²) in [5, 5.41) is 9.21. The SMILES string of the molecule is CCN(CC)C(=O)CC(C#N)C(=O)N1CCCCCC1. The van der Waals surface area contributed by atoms with Gasteiger partial charge >= 0.3 is 0 Å². The predicted octanol–water partition coefficient (Wildman–Crippen LogP) is 1.79. The molecule has 1 saturated heterocycles. The van der Waals surface area contributed by atoms with Gasteiger partial charge in [-0.3, -0.25) is 9.59 Å². The standard InChI is InChI=1S/C15H25N3O2/c1-3-17(4-2)14(19)11-13(12-16)15(20)18-9-7-5-6-8-10-18/h13H,3-11H2,1-2H3. The maximum Gasteiger partial charge on any atom is 0.240 e. The maximum absolute atomic E-state index is 12.3. The van der Waals surface area contributed by atoms with E-state index < -0.39 is 5.92 Å². The third kappa shape index (κ3) is 4.52. The molecule has 1 aliphatic heterocycles. The smallest absolute Gasteiger partial charge is 0.240 e. The molecule has 1 atom stereocenters. The lowest BCUT2D eigenvalue weighted by atomic mass is 10.0. The third-order valence-electron chi connectivity index (χ3n) is 3.87. The summed E-state index contributed by atoms with van der Waals surface area (Å²) in [4.78, 5) is 27.8. The zero-order valence-electron chi connectivity index (χ0n) is 12.6. The van der Waals surface area contributed by atoms with Gasteiger partial charge in [0.1, 0.15) is 5.92 Å². The van der Waals surface area contributed by atoms with Gasteiger partial charge in [-0.25, -0.2) is 0 Å². The molecule has 2 amide bonds. The van der Waals surface area contributed by atoms with Crippen LogP contribution >= 0.6 is 0 Å². The maximum atomic E-state index is 12.3. The Morgan fingerprint density at radius 1 is 1.15 bits per heavy atom. The van der Waals surface area contributed by atoms with Crippen LogP contribution in [-0.4, -0.2) is 47.8 Å². The molecule has 1 heterocycles. The quantitative estimate of drug-likeness (QED) is 0.770. The van der Waals surface area contributed by atoms with Crippen LogP contribution in [0.1, 0.15) is 46.0 Å². The highest BCUT2D eigenvalue weighted by molar-refractivity contribution is 5.87. The zero-order chi connectivity index (χ0) is 15.0. The molecule has 0 aromatic carbocycles. The summed E-state index contributed by atoms with van der Waals surface area (Å²) in [5.41, 5.74) is 0. The van der Waals surface area contributed by atoms with Crippen LogP contribution in [0.4, 0.5) is 0 Å². The molecule has 0 aromatic rings. The summed E-state index contributed by atoms with van der Waals surface area (Å²) in [6.45, 7) is 6.47. The minimum Gasteiger partial charge on any atom is -0.343 e. The van der Waals surface area contributed by atoms with Gasteiger partial charge in [0.15, 0.2) is 0 Å². The summed E-state index contributed by atoms with van der Waals surface area (Å²) in [6, 6.07) is 2.01. The highest BCUT2D eigenvalue weighted by Crippen LogP contribution is 2.15. The van der Waals surface area contributed by atoms with Crippen LogP contribution in [0.25, 0.3) is 0 Å². The van der Waals surface area contributed by atoms with Crippen LogP contribution in [0.3, 0.4) is 0 Å². The molecule has 5 heteroatoms.